The maximum absolute atomic E-state index is 14.0. The van der Waals surface area contributed by atoms with Crippen molar-refractivity contribution in [3.63, 3.8) is 0 Å². The maximum Gasteiger partial charge on any atom is 0.474 e. The summed E-state index contributed by atoms with van der Waals surface area (Å²) in [4.78, 5) is 33.6. The highest BCUT2D eigenvalue weighted by Gasteiger charge is 2.73. The van der Waals surface area contributed by atoms with E-state index in [1.54, 1.807) is 30.3 Å². The van der Waals surface area contributed by atoms with E-state index in [4.69, 9.17) is 23.5 Å². The summed E-state index contributed by atoms with van der Waals surface area (Å²) in [5, 5.41) is 24.0. The number of benzene rings is 3. The lowest BCUT2D eigenvalue weighted by Gasteiger charge is -2.54. The minimum absolute atomic E-state index is 0.0210. The van der Waals surface area contributed by atoms with Crippen molar-refractivity contribution >= 4 is 13.6 Å². The Kier molecular flexibility index (Phi) is 10.9. The van der Waals surface area contributed by atoms with Gasteiger partial charge in [0.25, 0.3) is 0 Å². The lowest BCUT2D eigenvalue weighted by atomic mass is 9.72. The summed E-state index contributed by atoms with van der Waals surface area (Å²) in [5.41, 5.74) is -2.33. The van der Waals surface area contributed by atoms with Gasteiger partial charge in [0, 0.05) is 5.41 Å². The van der Waals surface area contributed by atoms with Gasteiger partial charge in [-0.05, 0) is 16.7 Å². The Bertz CT molecular complexity index is 1390. The van der Waals surface area contributed by atoms with E-state index in [1.807, 2.05) is 60.7 Å². The molecule has 44 heavy (non-hydrogen) atoms. The molecule has 1 saturated heterocycles. The zero-order valence-electron chi connectivity index (χ0n) is 24.8. The van der Waals surface area contributed by atoms with Gasteiger partial charge in [0.05, 0.1) is 26.4 Å². The number of phosphoric ester groups is 1. The summed E-state index contributed by atoms with van der Waals surface area (Å²) < 4.78 is 41.0. The van der Waals surface area contributed by atoms with E-state index in [0.717, 1.165) is 11.1 Å². The molecule has 0 bridgehead atoms. The van der Waals surface area contributed by atoms with Crippen molar-refractivity contribution < 1.29 is 52.8 Å². The molecule has 1 aliphatic heterocycles. The third-order valence-corrected chi connectivity index (χ3v) is 7.58. The number of ether oxygens (including phenoxy) is 4. The van der Waals surface area contributed by atoms with Crippen LogP contribution in [0.5, 0.6) is 0 Å². The molecule has 12 heteroatoms. The molecule has 0 spiro atoms. The lowest BCUT2D eigenvalue weighted by Crippen LogP contribution is -2.78. The van der Waals surface area contributed by atoms with Crippen LogP contribution in [0.4, 0.5) is 0 Å². The first-order valence-electron chi connectivity index (χ1n) is 14.1. The molecule has 0 saturated carbocycles. The summed E-state index contributed by atoms with van der Waals surface area (Å²) in [6, 6.07) is 27.1. The molecule has 3 aromatic rings. The fraction of sp³-hybridized carbons (Fsp3) is 0.406. The molecule has 1 heterocycles. The van der Waals surface area contributed by atoms with Crippen LogP contribution in [0.2, 0.25) is 0 Å². The maximum atomic E-state index is 14.0. The predicted molar refractivity (Wildman–Crippen MR) is 158 cm³/mol. The molecule has 1 aliphatic rings. The van der Waals surface area contributed by atoms with Crippen molar-refractivity contribution in [1.82, 2.24) is 0 Å². The molecule has 11 nitrogen and oxygen atoms in total. The molecule has 0 radical (unpaired) electrons. The van der Waals surface area contributed by atoms with Gasteiger partial charge in [0.15, 0.2) is 5.78 Å². The van der Waals surface area contributed by atoms with Crippen molar-refractivity contribution in [2.45, 2.75) is 70.5 Å². The SMILES string of the molecule is CC(C)(C)C(=O)[C@@]1(O)[C@@H](OCc2ccccc2)[C@H](OCc2ccccc2)[C@@H](COCc2ccccc2)O[C@]1(O)OP(=O)(O)O. The first-order chi connectivity index (χ1) is 20.7. The van der Waals surface area contributed by atoms with Crippen LogP contribution < -0.4 is 0 Å². The normalized spacial score (nSPS) is 25.9. The molecule has 3 aromatic carbocycles. The molecule has 0 amide bonds. The molecular weight excluding hydrogens is 591 g/mol. The molecule has 0 aliphatic carbocycles. The summed E-state index contributed by atoms with van der Waals surface area (Å²) in [6.45, 7) is 4.03. The van der Waals surface area contributed by atoms with Crippen molar-refractivity contribution in [3.05, 3.63) is 108 Å². The summed E-state index contributed by atoms with van der Waals surface area (Å²) in [5.74, 6) is -4.62. The second-order valence-corrected chi connectivity index (χ2v) is 12.8. The number of Topliss-reactive ketones (excluding diaryl/α,β-unsaturated/α-hetero) is 1. The third kappa shape index (κ3) is 8.26. The number of carbonyl (C=O) groups excluding carboxylic acids is 1. The standard InChI is InChI=1S/C32H39O11P/c1-30(2,3)29(33)31(34)28(41-21-25-17-11-6-12-18-25)27(40-20-24-15-9-5-10-16-24)26(42-32(31,35)43-44(36,37)38)22-39-19-23-13-7-4-8-14-23/h4-18,26-28,34-35H,19-22H2,1-3H3,(H2,36,37,38)/t26-,27-,28+,31+,32+/m1/s1. The van der Waals surface area contributed by atoms with E-state index >= 15 is 0 Å². The van der Waals surface area contributed by atoms with Crippen molar-refractivity contribution in [1.29, 1.82) is 0 Å². The van der Waals surface area contributed by atoms with Crippen molar-refractivity contribution in [2.24, 2.45) is 5.41 Å². The van der Waals surface area contributed by atoms with Gasteiger partial charge in [-0.1, -0.05) is 112 Å². The van der Waals surface area contributed by atoms with Gasteiger partial charge in [-0.25, -0.2) is 9.09 Å². The van der Waals surface area contributed by atoms with Gasteiger partial charge in [0.2, 0.25) is 5.60 Å². The Hall–Kier alpha value is -2.80. The van der Waals surface area contributed by atoms with Crippen molar-refractivity contribution in [3.8, 4) is 0 Å². The third-order valence-electron chi connectivity index (χ3n) is 7.09. The highest BCUT2D eigenvalue weighted by atomic mass is 31.2. The average Bonchev–Trinajstić information content (AvgIpc) is 2.97. The van der Waals surface area contributed by atoms with Crippen LogP contribution in [0.15, 0.2) is 91.0 Å². The van der Waals surface area contributed by atoms with E-state index in [0.29, 0.717) is 5.56 Å². The van der Waals surface area contributed by atoms with Crippen LogP contribution in [0.25, 0.3) is 0 Å². The number of hydrogen-bond acceptors (Lipinski definition) is 9. The molecule has 5 atom stereocenters. The Morgan fingerprint density at radius 1 is 0.795 bits per heavy atom. The molecule has 4 rings (SSSR count). The van der Waals surface area contributed by atoms with E-state index in [1.165, 1.54) is 20.8 Å². The van der Waals surface area contributed by atoms with Crippen LogP contribution in [0, 0.1) is 5.41 Å². The quantitative estimate of drug-likeness (QED) is 0.160. The van der Waals surface area contributed by atoms with Crippen molar-refractivity contribution in [2.75, 3.05) is 6.61 Å². The Morgan fingerprint density at radius 2 is 1.25 bits per heavy atom. The molecule has 0 aromatic heterocycles. The number of carbonyl (C=O) groups is 1. The molecular formula is C32H39O11P. The lowest BCUT2D eigenvalue weighted by molar-refractivity contribution is -0.454. The number of hydrogen-bond donors (Lipinski definition) is 4. The fourth-order valence-electron chi connectivity index (χ4n) is 5.00. The number of phosphoric acid groups is 1. The summed E-state index contributed by atoms with van der Waals surface area (Å²) in [6.07, 6.45) is -4.40. The van der Waals surface area contributed by atoms with E-state index in [2.05, 4.69) is 0 Å². The summed E-state index contributed by atoms with van der Waals surface area (Å²) >= 11 is 0. The van der Waals surface area contributed by atoms with Gasteiger partial charge in [-0.15, -0.1) is 0 Å². The second kappa shape index (κ2) is 14.1. The topological polar surface area (TPSA) is 161 Å². The zero-order chi connectivity index (χ0) is 32.0. The Balaban J connectivity index is 1.79. The van der Waals surface area contributed by atoms with Crippen LogP contribution in [0.1, 0.15) is 37.5 Å². The zero-order valence-corrected chi connectivity index (χ0v) is 25.7. The largest absolute Gasteiger partial charge is 0.474 e. The van der Waals surface area contributed by atoms with Crippen LogP contribution in [0.3, 0.4) is 0 Å². The number of rotatable bonds is 13. The minimum atomic E-state index is -5.58. The van der Waals surface area contributed by atoms with Crippen LogP contribution in [-0.2, 0) is 52.7 Å². The first kappa shape index (κ1) is 34.1. The monoisotopic (exact) mass is 630 g/mol. The number of aliphatic hydroxyl groups is 2. The number of ketones is 1. The minimum Gasteiger partial charge on any atom is -0.374 e. The van der Waals surface area contributed by atoms with Gasteiger partial charge < -0.3 is 38.9 Å². The van der Waals surface area contributed by atoms with Gasteiger partial charge in [-0.3, -0.25) is 4.79 Å². The van der Waals surface area contributed by atoms with Gasteiger partial charge in [0.1, 0.15) is 18.3 Å². The van der Waals surface area contributed by atoms with Crippen LogP contribution in [-0.4, -0.2) is 62.3 Å². The smallest absolute Gasteiger partial charge is 0.374 e. The second-order valence-electron chi connectivity index (χ2n) is 11.6. The van der Waals surface area contributed by atoms with E-state index in [-0.39, 0.29) is 26.4 Å². The van der Waals surface area contributed by atoms with Gasteiger partial charge in [-0.2, -0.15) is 0 Å². The van der Waals surface area contributed by atoms with Crippen LogP contribution >= 0.6 is 7.82 Å². The average molecular weight is 631 g/mol. The molecule has 0 unspecified atom stereocenters. The fourth-order valence-corrected chi connectivity index (χ4v) is 5.51. The van der Waals surface area contributed by atoms with E-state index < -0.39 is 48.9 Å². The Labute approximate surface area is 256 Å². The van der Waals surface area contributed by atoms with Gasteiger partial charge >= 0.3 is 13.8 Å². The summed E-state index contributed by atoms with van der Waals surface area (Å²) in [7, 11) is -5.58. The highest BCUT2D eigenvalue weighted by Crippen LogP contribution is 2.51. The Morgan fingerprint density at radius 3 is 1.70 bits per heavy atom. The molecule has 4 N–H and O–H groups in total. The molecule has 238 valence electrons. The highest BCUT2D eigenvalue weighted by molar-refractivity contribution is 7.46. The first-order valence-corrected chi connectivity index (χ1v) is 15.6. The van der Waals surface area contributed by atoms with E-state index in [9.17, 15) is 29.4 Å². The predicted octanol–water partition coefficient (Wildman–Crippen LogP) is 3.87. The molecule has 1 fully saturated rings.